The number of aryl methyl sites for hydroxylation is 3. The van der Waals surface area contributed by atoms with Crippen molar-refractivity contribution in [3.63, 3.8) is 0 Å². The number of carbonyl (C=O) groups excluding carboxylic acids is 1. The minimum Gasteiger partial charge on any atom is -0.326 e. The largest absolute Gasteiger partial charge is 0.326 e. The van der Waals surface area contributed by atoms with Gasteiger partial charge in [-0.05, 0) is 66.9 Å². The zero-order chi connectivity index (χ0) is 24.5. The number of carbonyl (C=O) groups is 1. The van der Waals surface area contributed by atoms with Gasteiger partial charge in [0, 0.05) is 23.6 Å². The van der Waals surface area contributed by atoms with Gasteiger partial charge in [0.2, 0.25) is 11.7 Å². The molecule has 7 nitrogen and oxygen atoms in total. The van der Waals surface area contributed by atoms with Gasteiger partial charge >= 0.3 is 0 Å². The Balaban J connectivity index is 1.48. The second-order valence-corrected chi connectivity index (χ2v) is 9.15. The maximum absolute atomic E-state index is 13.3. The van der Waals surface area contributed by atoms with Crippen molar-refractivity contribution in [3.8, 4) is 0 Å². The van der Waals surface area contributed by atoms with Gasteiger partial charge in [-0.1, -0.05) is 41.9 Å². The SMILES string of the molecule is Cc1cc(C)cc(NC(=O)CCc2nnc3n(Cc4ccc(Cl)cc4)c(=O)c4ccccc4n23)c1. The van der Waals surface area contributed by atoms with Crippen LogP contribution in [0.15, 0.2) is 71.5 Å². The second-order valence-electron chi connectivity index (χ2n) is 8.71. The van der Waals surface area contributed by atoms with Crippen LogP contribution in [0.5, 0.6) is 0 Å². The minimum atomic E-state index is -0.144. The lowest BCUT2D eigenvalue weighted by Crippen LogP contribution is -2.24. The number of fused-ring (bicyclic) bond motifs is 3. The molecule has 2 heterocycles. The van der Waals surface area contributed by atoms with Gasteiger partial charge in [0.1, 0.15) is 5.82 Å². The standard InChI is InChI=1S/C27H24ClN5O2/c1-17-13-18(2)15-21(14-17)29-25(34)12-11-24-30-31-27-32(16-19-7-9-20(28)10-8-19)26(35)22-5-3-4-6-23(22)33(24)27/h3-10,13-15H,11-12,16H2,1-2H3,(H,29,34). The van der Waals surface area contributed by atoms with Crippen molar-refractivity contribution in [1.29, 1.82) is 0 Å². The maximum Gasteiger partial charge on any atom is 0.263 e. The summed E-state index contributed by atoms with van der Waals surface area (Å²) in [7, 11) is 0. The Morgan fingerprint density at radius 1 is 0.971 bits per heavy atom. The highest BCUT2D eigenvalue weighted by molar-refractivity contribution is 6.30. The number of nitrogens with zero attached hydrogens (tertiary/aromatic N) is 4. The number of para-hydroxylation sites is 1. The molecule has 5 aromatic rings. The first-order chi connectivity index (χ1) is 16.9. The molecule has 8 heteroatoms. The first kappa shape index (κ1) is 22.8. The van der Waals surface area contributed by atoms with Crippen molar-refractivity contribution in [1.82, 2.24) is 19.2 Å². The summed E-state index contributed by atoms with van der Waals surface area (Å²) in [5.74, 6) is 0.954. The number of hydrogen-bond acceptors (Lipinski definition) is 4. The first-order valence-electron chi connectivity index (χ1n) is 11.4. The van der Waals surface area contributed by atoms with Crippen LogP contribution in [0.1, 0.15) is 28.9 Å². The molecule has 1 N–H and O–H groups in total. The van der Waals surface area contributed by atoms with Crippen molar-refractivity contribution in [2.24, 2.45) is 0 Å². The fraction of sp³-hybridized carbons (Fsp3) is 0.185. The van der Waals surface area contributed by atoms with Gasteiger partial charge < -0.3 is 5.32 Å². The molecule has 3 aromatic carbocycles. The quantitative estimate of drug-likeness (QED) is 0.369. The second kappa shape index (κ2) is 9.35. The van der Waals surface area contributed by atoms with Crippen molar-refractivity contribution < 1.29 is 4.79 Å². The molecule has 0 bridgehead atoms. The average molecular weight is 486 g/mol. The van der Waals surface area contributed by atoms with E-state index in [1.807, 2.05) is 60.7 Å². The zero-order valence-corrected chi connectivity index (χ0v) is 20.2. The molecule has 0 saturated carbocycles. The Hall–Kier alpha value is -3.97. The summed E-state index contributed by atoms with van der Waals surface area (Å²) in [6.07, 6.45) is 0.610. The Kier molecular flexibility index (Phi) is 6.09. The highest BCUT2D eigenvalue weighted by atomic mass is 35.5. The van der Waals surface area contributed by atoms with Crippen molar-refractivity contribution in [3.05, 3.63) is 105 Å². The van der Waals surface area contributed by atoms with Crippen molar-refractivity contribution in [2.75, 3.05) is 5.32 Å². The predicted molar refractivity (Wildman–Crippen MR) is 138 cm³/mol. The molecule has 0 radical (unpaired) electrons. The van der Waals surface area contributed by atoms with Crippen LogP contribution >= 0.6 is 11.6 Å². The Labute approximate surface area is 207 Å². The van der Waals surface area contributed by atoms with Crippen molar-refractivity contribution in [2.45, 2.75) is 33.2 Å². The van der Waals surface area contributed by atoms with Crippen LogP contribution in [-0.4, -0.2) is 25.1 Å². The molecule has 0 unspecified atom stereocenters. The van der Waals surface area contributed by atoms with E-state index >= 15 is 0 Å². The van der Waals surface area contributed by atoms with Gasteiger partial charge in [-0.25, -0.2) is 0 Å². The molecule has 0 aliphatic carbocycles. The molecule has 0 fully saturated rings. The van der Waals surface area contributed by atoms with E-state index in [1.54, 1.807) is 22.8 Å². The molecule has 1 amide bonds. The molecule has 35 heavy (non-hydrogen) atoms. The number of nitrogens with one attached hydrogen (secondary N) is 1. The number of anilines is 1. The van der Waals surface area contributed by atoms with Crippen LogP contribution in [0.25, 0.3) is 16.7 Å². The lowest BCUT2D eigenvalue weighted by molar-refractivity contribution is -0.116. The Bertz CT molecular complexity index is 1600. The van der Waals surface area contributed by atoms with E-state index in [9.17, 15) is 9.59 Å². The summed E-state index contributed by atoms with van der Waals surface area (Å²) in [6.45, 7) is 4.33. The fourth-order valence-corrected chi connectivity index (χ4v) is 4.51. The van der Waals surface area contributed by atoms with Gasteiger partial charge in [-0.15, -0.1) is 10.2 Å². The number of rotatable bonds is 6. The summed E-state index contributed by atoms with van der Waals surface area (Å²) in [5, 5.41) is 12.9. The third kappa shape index (κ3) is 4.68. The van der Waals surface area contributed by atoms with Crippen molar-refractivity contribution >= 4 is 39.9 Å². The summed E-state index contributed by atoms with van der Waals surface area (Å²) < 4.78 is 3.48. The van der Waals surface area contributed by atoms with E-state index in [4.69, 9.17) is 11.6 Å². The maximum atomic E-state index is 13.3. The van der Waals surface area contributed by atoms with Gasteiger partial charge in [0.05, 0.1) is 17.4 Å². The van der Waals surface area contributed by atoms with Gasteiger partial charge in [0.25, 0.3) is 5.56 Å². The fourth-order valence-electron chi connectivity index (χ4n) is 4.39. The van der Waals surface area contributed by atoms with E-state index in [-0.39, 0.29) is 17.9 Å². The lowest BCUT2D eigenvalue weighted by Gasteiger charge is -2.12. The molecule has 0 atom stereocenters. The average Bonchev–Trinajstić information content (AvgIpc) is 3.25. The topological polar surface area (TPSA) is 81.3 Å². The summed E-state index contributed by atoms with van der Waals surface area (Å²) in [5.41, 5.74) is 4.46. The van der Waals surface area contributed by atoms with Crippen LogP contribution in [0.3, 0.4) is 0 Å². The summed E-state index contributed by atoms with van der Waals surface area (Å²) in [6, 6.07) is 20.7. The molecule has 176 valence electrons. The number of hydrogen-bond donors (Lipinski definition) is 1. The van der Waals surface area contributed by atoms with Crippen LogP contribution in [0.4, 0.5) is 5.69 Å². The van der Waals surface area contributed by atoms with Crippen LogP contribution in [-0.2, 0) is 17.8 Å². The smallest absolute Gasteiger partial charge is 0.263 e. The molecule has 0 saturated heterocycles. The van der Waals surface area contributed by atoms with Crippen LogP contribution in [0.2, 0.25) is 5.02 Å². The summed E-state index contributed by atoms with van der Waals surface area (Å²) >= 11 is 6.02. The molecule has 5 rings (SSSR count). The normalized spacial score (nSPS) is 11.3. The van der Waals surface area contributed by atoms with E-state index in [1.165, 1.54) is 0 Å². The zero-order valence-electron chi connectivity index (χ0n) is 19.5. The highest BCUT2D eigenvalue weighted by Gasteiger charge is 2.17. The van der Waals surface area contributed by atoms with Gasteiger partial charge in [-0.3, -0.25) is 18.6 Å². The molecule has 2 aromatic heterocycles. The number of aromatic nitrogens is 4. The predicted octanol–water partition coefficient (Wildman–Crippen LogP) is 4.93. The number of halogens is 1. The van der Waals surface area contributed by atoms with E-state index < -0.39 is 0 Å². The Morgan fingerprint density at radius 2 is 1.69 bits per heavy atom. The molecule has 0 aliphatic rings. The minimum absolute atomic E-state index is 0.106. The van der Waals surface area contributed by atoms with E-state index in [0.29, 0.717) is 35.0 Å². The van der Waals surface area contributed by atoms with E-state index in [0.717, 1.165) is 27.9 Å². The highest BCUT2D eigenvalue weighted by Crippen LogP contribution is 2.18. The molecule has 0 spiro atoms. The monoisotopic (exact) mass is 485 g/mol. The Morgan fingerprint density at radius 3 is 2.43 bits per heavy atom. The lowest BCUT2D eigenvalue weighted by atomic mass is 10.1. The third-order valence-corrected chi connectivity index (χ3v) is 6.16. The number of benzene rings is 3. The van der Waals surface area contributed by atoms with Gasteiger partial charge in [-0.2, -0.15) is 0 Å². The first-order valence-corrected chi connectivity index (χ1v) is 11.7. The number of amides is 1. The molecule has 0 aliphatic heterocycles. The molecular formula is C27H24ClN5O2. The van der Waals surface area contributed by atoms with E-state index in [2.05, 4.69) is 21.6 Å². The summed E-state index contributed by atoms with van der Waals surface area (Å²) in [4.78, 5) is 26.0. The van der Waals surface area contributed by atoms with Crippen LogP contribution in [0, 0.1) is 13.8 Å². The third-order valence-electron chi connectivity index (χ3n) is 5.91. The van der Waals surface area contributed by atoms with Crippen LogP contribution < -0.4 is 10.9 Å². The van der Waals surface area contributed by atoms with Gasteiger partial charge in [0.15, 0.2) is 0 Å². The molecular weight excluding hydrogens is 462 g/mol.